The zero-order chi connectivity index (χ0) is 15.9. The Kier molecular flexibility index (Phi) is 5.91. The van der Waals surface area contributed by atoms with Crippen LogP contribution in [-0.2, 0) is 9.59 Å². The van der Waals surface area contributed by atoms with E-state index in [0.717, 1.165) is 31.7 Å². The summed E-state index contributed by atoms with van der Waals surface area (Å²) in [4.78, 5) is 27.5. The van der Waals surface area contributed by atoms with Gasteiger partial charge >= 0.3 is 5.97 Å². The number of carbonyl (C=O) groups is 2. The highest BCUT2D eigenvalue weighted by Gasteiger charge is 2.29. The van der Waals surface area contributed by atoms with Gasteiger partial charge in [-0.25, -0.2) is 0 Å². The largest absolute Gasteiger partial charge is 0.481 e. The Balaban J connectivity index is 2.08. The predicted molar refractivity (Wildman–Crippen MR) is 83.5 cm³/mol. The van der Waals surface area contributed by atoms with Crippen molar-refractivity contribution in [3.8, 4) is 0 Å². The van der Waals surface area contributed by atoms with Crippen LogP contribution < -0.4 is 5.32 Å². The van der Waals surface area contributed by atoms with Gasteiger partial charge in [-0.1, -0.05) is 30.3 Å². The second kappa shape index (κ2) is 7.91. The molecule has 1 unspecified atom stereocenters. The number of rotatable bonds is 6. The third kappa shape index (κ3) is 4.54. The molecule has 120 valence electrons. The van der Waals surface area contributed by atoms with E-state index >= 15 is 0 Å². The van der Waals surface area contributed by atoms with Gasteiger partial charge in [0.05, 0.1) is 6.42 Å². The molecule has 0 aromatic heterocycles. The molecule has 0 aliphatic carbocycles. The fraction of sp³-hybridized carbons (Fsp3) is 0.500. The van der Waals surface area contributed by atoms with E-state index in [-0.39, 0.29) is 24.9 Å². The number of benzene rings is 1. The molecule has 1 saturated heterocycles. The maximum Gasteiger partial charge on any atom is 0.305 e. The van der Waals surface area contributed by atoms with Crippen molar-refractivity contribution in [1.82, 2.24) is 15.1 Å². The summed E-state index contributed by atoms with van der Waals surface area (Å²) in [5.74, 6) is -1.03. The third-order valence-electron chi connectivity index (χ3n) is 3.90. The van der Waals surface area contributed by atoms with E-state index in [4.69, 9.17) is 5.11 Å². The van der Waals surface area contributed by atoms with Crippen molar-refractivity contribution in [3.05, 3.63) is 35.9 Å². The van der Waals surface area contributed by atoms with E-state index in [2.05, 4.69) is 22.2 Å². The first-order valence-electron chi connectivity index (χ1n) is 7.55. The molecule has 1 heterocycles. The minimum absolute atomic E-state index is 0.0595. The molecule has 6 nitrogen and oxygen atoms in total. The molecule has 0 bridgehead atoms. The quantitative estimate of drug-likeness (QED) is 0.804. The van der Waals surface area contributed by atoms with Crippen LogP contribution in [0.3, 0.4) is 0 Å². The summed E-state index contributed by atoms with van der Waals surface area (Å²) in [7, 11) is 2.07. The number of nitrogens with one attached hydrogen (secondary N) is 1. The van der Waals surface area contributed by atoms with Gasteiger partial charge < -0.3 is 15.3 Å². The van der Waals surface area contributed by atoms with Gasteiger partial charge in [-0.3, -0.25) is 14.5 Å². The lowest BCUT2D eigenvalue weighted by molar-refractivity contribution is -0.137. The van der Waals surface area contributed by atoms with E-state index in [1.807, 2.05) is 30.3 Å². The topological polar surface area (TPSA) is 72.9 Å². The zero-order valence-corrected chi connectivity index (χ0v) is 12.9. The van der Waals surface area contributed by atoms with Gasteiger partial charge in [0.15, 0.2) is 0 Å². The molecule has 1 aliphatic heterocycles. The molecule has 1 aromatic carbocycles. The SMILES string of the molecule is CN1CCN(C(C(=O)NCCC(=O)O)c2ccccc2)CC1. The molecular formula is C16H23N3O3. The standard InChI is InChI=1S/C16H23N3O3/c1-18-9-11-19(12-10-18)15(13-5-3-2-4-6-13)16(22)17-8-7-14(20)21/h2-6,15H,7-12H2,1H3,(H,17,22)(H,20,21). The normalized spacial score (nSPS) is 17.9. The van der Waals surface area contributed by atoms with Crippen LogP contribution in [0.15, 0.2) is 30.3 Å². The number of nitrogens with zero attached hydrogens (tertiary/aromatic N) is 2. The lowest BCUT2D eigenvalue weighted by Gasteiger charge is -2.37. The summed E-state index contributed by atoms with van der Waals surface area (Å²) >= 11 is 0. The van der Waals surface area contributed by atoms with Gasteiger partial charge in [0.2, 0.25) is 5.91 Å². The summed E-state index contributed by atoms with van der Waals surface area (Å²) < 4.78 is 0. The van der Waals surface area contributed by atoms with Crippen molar-refractivity contribution in [3.63, 3.8) is 0 Å². The summed E-state index contributed by atoms with van der Waals surface area (Å²) in [6.45, 7) is 3.65. The Morgan fingerprint density at radius 1 is 1.18 bits per heavy atom. The highest BCUT2D eigenvalue weighted by Crippen LogP contribution is 2.22. The molecule has 1 atom stereocenters. The average Bonchev–Trinajstić information content (AvgIpc) is 2.50. The van der Waals surface area contributed by atoms with Crippen LogP contribution in [-0.4, -0.2) is 66.6 Å². The smallest absolute Gasteiger partial charge is 0.305 e. The Labute approximate surface area is 130 Å². The van der Waals surface area contributed by atoms with E-state index in [0.29, 0.717) is 0 Å². The molecule has 0 spiro atoms. The molecule has 0 radical (unpaired) electrons. The van der Waals surface area contributed by atoms with E-state index in [9.17, 15) is 9.59 Å². The highest BCUT2D eigenvalue weighted by molar-refractivity contribution is 5.83. The molecule has 2 rings (SSSR count). The first-order valence-corrected chi connectivity index (χ1v) is 7.55. The Morgan fingerprint density at radius 3 is 2.41 bits per heavy atom. The lowest BCUT2D eigenvalue weighted by Crippen LogP contribution is -2.50. The van der Waals surface area contributed by atoms with Crippen LogP contribution in [0.2, 0.25) is 0 Å². The van der Waals surface area contributed by atoms with Crippen LogP contribution in [0.5, 0.6) is 0 Å². The minimum Gasteiger partial charge on any atom is -0.481 e. The minimum atomic E-state index is -0.906. The number of likely N-dealkylation sites (N-methyl/N-ethyl adjacent to an activating group) is 1. The van der Waals surface area contributed by atoms with Gasteiger partial charge in [-0.15, -0.1) is 0 Å². The highest BCUT2D eigenvalue weighted by atomic mass is 16.4. The first kappa shape index (κ1) is 16.5. The van der Waals surface area contributed by atoms with E-state index in [1.165, 1.54) is 0 Å². The van der Waals surface area contributed by atoms with Gasteiger partial charge in [0, 0.05) is 32.7 Å². The fourth-order valence-electron chi connectivity index (χ4n) is 2.63. The first-order chi connectivity index (χ1) is 10.6. The van der Waals surface area contributed by atoms with Gasteiger partial charge in [0.25, 0.3) is 0 Å². The van der Waals surface area contributed by atoms with Crippen molar-refractivity contribution in [2.24, 2.45) is 0 Å². The monoisotopic (exact) mass is 305 g/mol. The summed E-state index contributed by atoms with van der Waals surface area (Å²) in [5, 5.41) is 11.4. The van der Waals surface area contributed by atoms with Crippen molar-refractivity contribution < 1.29 is 14.7 Å². The van der Waals surface area contributed by atoms with Gasteiger partial charge in [-0.05, 0) is 12.6 Å². The van der Waals surface area contributed by atoms with Crippen LogP contribution >= 0.6 is 0 Å². The number of hydrogen-bond acceptors (Lipinski definition) is 4. The third-order valence-corrected chi connectivity index (χ3v) is 3.90. The van der Waals surface area contributed by atoms with E-state index in [1.54, 1.807) is 0 Å². The van der Waals surface area contributed by atoms with Crippen molar-refractivity contribution >= 4 is 11.9 Å². The molecule has 1 fully saturated rings. The number of carbonyl (C=O) groups excluding carboxylic acids is 1. The number of carboxylic acid groups (broad SMARTS) is 1. The Hall–Kier alpha value is -1.92. The summed E-state index contributed by atoms with van der Waals surface area (Å²) in [6, 6.07) is 9.29. The van der Waals surface area contributed by atoms with Crippen molar-refractivity contribution in [2.45, 2.75) is 12.5 Å². The van der Waals surface area contributed by atoms with Gasteiger partial charge in [0.1, 0.15) is 6.04 Å². The molecule has 0 saturated carbocycles. The molecular weight excluding hydrogens is 282 g/mol. The number of carboxylic acids is 1. The van der Waals surface area contributed by atoms with Crippen LogP contribution in [0.25, 0.3) is 0 Å². The van der Waals surface area contributed by atoms with Crippen LogP contribution in [0.1, 0.15) is 18.0 Å². The summed E-state index contributed by atoms with van der Waals surface area (Å²) in [5.41, 5.74) is 0.944. The van der Waals surface area contributed by atoms with E-state index < -0.39 is 5.97 Å². The maximum absolute atomic E-state index is 12.5. The lowest BCUT2D eigenvalue weighted by atomic mass is 10.0. The molecule has 22 heavy (non-hydrogen) atoms. The molecule has 6 heteroatoms. The average molecular weight is 305 g/mol. The predicted octanol–water partition coefficient (Wildman–Crippen LogP) is 0.566. The van der Waals surface area contributed by atoms with Gasteiger partial charge in [-0.2, -0.15) is 0 Å². The molecule has 2 N–H and O–H groups in total. The van der Waals surface area contributed by atoms with Crippen LogP contribution in [0, 0.1) is 0 Å². The maximum atomic E-state index is 12.5. The second-order valence-corrected chi connectivity index (χ2v) is 5.59. The Morgan fingerprint density at radius 2 is 1.82 bits per heavy atom. The summed E-state index contributed by atoms with van der Waals surface area (Å²) in [6.07, 6.45) is -0.0595. The number of amides is 1. The molecule has 1 aliphatic rings. The molecule has 1 aromatic rings. The molecule has 1 amide bonds. The number of piperazine rings is 1. The number of hydrogen-bond donors (Lipinski definition) is 2. The second-order valence-electron chi connectivity index (χ2n) is 5.59. The van der Waals surface area contributed by atoms with Crippen molar-refractivity contribution in [1.29, 1.82) is 0 Å². The van der Waals surface area contributed by atoms with Crippen LogP contribution in [0.4, 0.5) is 0 Å². The Bertz CT molecular complexity index is 499. The number of aliphatic carboxylic acids is 1. The van der Waals surface area contributed by atoms with Crippen molar-refractivity contribution in [2.75, 3.05) is 39.8 Å². The zero-order valence-electron chi connectivity index (χ0n) is 12.9. The fourth-order valence-corrected chi connectivity index (χ4v) is 2.63.